The molecule has 0 aromatic carbocycles. The first-order valence-corrected chi connectivity index (χ1v) is 7.74. The first-order valence-electron chi connectivity index (χ1n) is 7.74. The highest BCUT2D eigenvalue weighted by molar-refractivity contribution is 5.92. The van der Waals surface area contributed by atoms with E-state index in [4.69, 9.17) is 9.47 Å². The average molecular weight is 291 g/mol. The summed E-state index contributed by atoms with van der Waals surface area (Å²) in [6.07, 6.45) is 3.66. The molecule has 3 aliphatic rings. The summed E-state index contributed by atoms with van der Waals surface area (Å²) >= 11 is 0. The molecule has 114 valence electrons. The zero-order valence-corrected chi connectivity index (χ0v) is 12.2. The van der Waals surface area contributed by atoms with Crippen molar-refractivity contribution in [1.82, 2.24) is 15.5 Å². The maximum absolute atomic E-state index is 12.4. The summed E-state index contributed by atoms with van der Waals surface area (Å²) < 4.78 is 11.0. The second-order valence-corrected chi connectivity index (χ2v) is 6.39. The quantitative estimate of drug-likeness (QED) is 0.850. The zero-order chi connectivity index (χ0) is 14.4. The number of carbonyl (C=O) groups excluding carboxylic acids is 1. The number of carbonyl (C=O) groups is 1. The molecule has 2 saturated carbocycles. The maximum Gasteiger partial charge on any atom is 0.272 e. The van der Waals surface area contributed by atoms with Crippen molar-refractivity contribution in [2.75, 3.05) is 20.3 Å². The molecule has 3 fully saturated rings. The van der Waals surface area contributed by atoms with E-state index < -0.39 is 0 Å². The molecule has 2 aliphatic carbocycles. The number of amides is 1. The molecule has 4 atom stereocenters. The van der Waals surface area contributed by atoms with Crippen LogP contribution in [0.25, 0.3) is 0 Å². The summed E-state index contributed by atoms with van der Waals surface area (Å²) in [7, 11) is 1.69. The van der Waals surface area contributed by atoms with Gasteiger partial charge in [-0.2, -0.15) is 5.10 Å². The van der Waals surface area contributed by atoms with Crippen molar-refractivity contribution in [1.29, 1.82) is 0 Å². The number of fused-ring (bicyclic) bond motifs is 1. The second kappa shape index (κ2) is 5.10. The number of aromatic nitrogens is 2. The fourth-order valence-electron chi connectivity index (χ4n) is 3.72. The number of H-pyrrole nitrogens is 1. The predicted molar refractivity (Wildman–Crippen MR) is 75.0 cm³/mol. The Kier molecular flexibility index (Phi) is 3.23. The SMILES string of the molecule is COC[C@H]1[C@H](NC(=O)c2cc(C3CC3)[nH]n2)[C@H]2CCO[C@H]21. The molecule has 0 bridgehead atoms. The lowest BCUT2D eigenvalue weighted by Crippen LogP contribution is -2.62. The lowest BCUT2D eigenvalue weighted by atomic mass is 9.67. The topological polar surface area (TPSA) is 76.2 Å². The summed E-state index contributed by atoms with van der Waals surface area (Å²) in [5.41, 5.74) is 1.58. The van der Waals surface area contributed by atoms with Crippen LogP contribution in [0.1, 0.15) is 41.4 Å². The van der Waals surface area contributed by atoms with Crippen LogP contribution in [-0.2, 0) is 9.47 Å². The normalized spacial score (nSPS) is 34.3. The van der Waals surface area contributed by atoms with Crippen LogP contribution in [-0.4, -0.2) is 48.6 Å². The number of methoxy groups -OCH3 is 1. The van der Waals surface area contributed by atoms with E-state index >= 15 is 0 Å². The van der Waals surface area contributed by atoms with Gasteiger partial charge in [0.2, 0.25) is 0 Å². The number of nitrogens with zero attached hydrogens (tertiary/aromatic N) is 1. The van der Waals surface area contributed by atoms with Gasteiger partial charge in [0, 0.05) is 43.2 Å². The third-order valence-corrected chi connectivity index (χ3v) is 5.03. The highest BCUT2D eigenvalue weighted by Crippen LogP contribution is 2.44. The third kappa shape index (κ3) is 2.26. The van der Waals surface area contributed by atoms with Gasteiger partial charge in [-0.05, 0) is 25.3 Å². The molecule has 0 unspecified atom stereocenters. The molecule has 4 rings (SSSR count). The highest BCUT2D eigenvalue weighted by Gasteiger charge is 2.54. The summed E-state index contributed by atoms with van der Waals surface area (Å²) in [5.74, 6) is 1.18. The molecule has 0 radical (unpaired) electrons. The van der Waals surface area contributed by atoms with Gasteiger partial charge in [0.05, 0.1) is 12.7 Å². The Hall–Kier alpha value is -1.40. The minimum Gasteiger partial charge on any atom is -0.384 e. The molecule has 2 heterocycles. The fraction of sp³-hybridized carbons (Fsp3) is 0.733. The monoisotopic (exact) mass is 291 g/mol. The second-order valence-electron chi connectivity index (χ2n) is 6.39. The lowest BCUT2D eigenvalue weighted by molar-refractivity contribution is -0.0810. The van der Waals surface area contributed by atoms with Crippen LogP contribution in [0.5, 0.6) is 0 Å². The van der Waals surface area contributed by atoms with Gasteiger partial charge in [0.25, 0.3) is 5.91 Å². The molecule has 1 aromatic rings. The molecule has 6 nitrogen and oxygen atoms in total. The minimum atomic E-state index is -0.0883. The molecule has 21 heavy (non-hydrogen) atoms. The Morgan fingerprint density at radius 2 is 2.38 bits per heavy atom. The molecule has 2 N–H and O–H groups in total. The molecular formula is C15H21N3O3. The van der Waals surface area contributed by atoms with E-state index in [1.807, 2.05) is 6.07 Å². The molecule has 1 amide bonds. The summed E-state index contributed by atoms with van der Waals surface area (Å²) in [5, 5.41) is 10.3. The van der Waals surface area contributed by atoms with E-state index in [0.717, 1.165) is 18.7 Å². The number of nitrogens with one attached hydrogen (secondary N) is 2. The first-order chi connectivity index (χ1) is 10.3. The van der Waals surface area contributed by atoms with Crippen molar-refractivity contribution in [3.05, 3.63) is 17.5 Å². The minimum absolute atomic E-state index is 0.0883. The van der Waals surface area contributed by atoms with Crippen LogP contribution >= 0.6 is 0 Å². The van der Waals surface area contributed by atoms with Crippen molar-refractivity contribution in [2.24, 2.45) is 11.8 Å². The van der Waals surface area contributed by atoms with Crippen molar-refractivity contribution >= 4 is 5.91 Å². The summed E-state index contributed by atoms with van der Waals surface area (Å²) in [6, 6.07) is 2.03. The zero-order valence-electron chi connectivity index (χ0n) is 12.2. The van der Waals surface area contributed by atoms with Gasteiger partial charge >= 0.3 is 0 Å². The first kappa shape index (κ1) is 13.3. The maximum atomic E-state index is 12.4. The van der Waals surface area contributed by atoms with E-state index in [0.29, 0.717) is 24.1 Å². The highest BCUT2D eigenvalue weighted by atomic mass is 16.5. The Labute approximate surface area is 123 Å². The van der Waals surface area contributed by atoms with E-state index in [-0.39, 0.29) is 24.0 Å². The number of hydrogen-bond donors (Lipinski definition) is 2. The molecule has 1 aliphatic heterocycles. The Bertz CT molecular complexity index is 540. The van der Waals surface area contributed by atoms with Crippen molar-refractivity contribution in [3.63, 3.8) is 0 Å². The standard InChI is InChI=1S/C15H21N3O3/c1-20-7-10-13(9-4-5-21-14(9)10)16-15(19)12-6-11(17-18-12)8-2-3-8/h6,8-10,13-14H,2-5,7H2,1H3,(H,16,19)(H,17,18)/t9-,10+,13-,14-/m1/s1. The van der Waals surface area contributed by atoms with Gasteiger partial charge in [-0.3, -0.25) is 9.89 Å². The van der Waals surface area contributed by atoms with Crippen LogP contribution in [0, 0.1) is 11.8 Å². The molecular weight excluding hydrogens is 270 g/mol. The van der Waals surface area contributed by atoms with Gasteiger partial charge in [-0.1, -0.05) is 0 Å². The number of rotatable bonds is 5. The van der Waals surface area contributed by atoms with Crippen LogP contribution < -0.4 is 5.32 Å². The smallest absolute Gasteiger partial charge is 0.272 e. The van der Waals surface area contributed by atoms with E-state index in [1.54, 1.807) is 7.11 Å². The molecule has 1 aromatic heterocycles. The van der Waals surface area contributed by atoms with Gasteiger partial charge in [0.1, 0.15) is 5.69 Å². The number of aromatic amines is 1. The van der Waals surface area contributed by atoms with Gasteiger partial charge in [0.15, 0.2) is 0 Å². The van der Waals surface area contributed by atoms with Gasteiger partial charge in [-0.15, -0.1) is 0 Å². The Balaban J connectivity index is 1.42. The Morgan fingerprint density at radius 1 is 1.52 bits per heavy atom. The van der Waals surface area contributed by atoms with Crippen molar-refractivity contribution < 1.29 is 14.3 Å². The lowest BCUT2D eigenvalue weighted by Gasteiger charge is -2.47. The largest absolute Gasteiger partial charge is 0.384 e. The average Bonchev–Trinajstić information content (AvgIpc) is 3.07. The number of hydrogen-bond acceptors (Lipinski definition) is 4. The van der Waals surface area contributed by atoms with E-state index in [9.17, 15) is 4.79 Å². The number of ether oxygens (including phenoxy) is 2. The van der Waals surface area contributed by atoms with Crippen molar-refractivity contribution in [2.45, 2.75) is 37.3 Å². The van der Waals surface area contributed by atoms with Crippen LogP contribution in [0.4, 0.5) is 0 Å². The van der Waals surface area contributed by atoms with Crippen LogP contribution in [0.3, 0.4) is 0 Å². The van der Waals surface area contributed by atoms with Crippen molar-refractivity contribution in [3.8, 4) is 0 Å². The van der Waals surface area contributed by atoms with Gasteiger partial charge in [-0.25, -0.2) is 0 Å². The third-order valence-electron chi connectivity index (χ3n) is 5.03. The molecule has 1 saturated heterocycles. The summed E-state index contributed by atoms with van der Waals surface area (Å²) in [4.78, 5) is 12.4. The van der Waals surface area contributed by atoms with Crippen LogP contribution in [0.2, 0.25) is 0 Å². The van der Waals surface area contributed by atoms with Crippen LogP contribution in [0.15, 0.2) is 6.07 Å². The van der Waals surface area contributed by atoms with E-state index in [1.165, 1.54) is 12.8 Å². The fourth-order valence-corrected chi connectivity index (χ4v) is 3.72. The predicted octanol–water partition coefficient (Wildman–Crippen LogP) is 1.07. The Morgan fingerprint density at radius 3 is 3.14 bits per heavy atom. The molecule has 0 spiro atoms. The van der Waals surface area contributed by atoms with Gasteiger partial charge < -0.3 is 14.8 Å². The summed E-state index contributed by atoms with van der Waals surface area (Å²) in [6.45, 7) is 1.41. The van der Waals surface area contributed by atoms with E-state index in [2.05, 4.69) is 15.5 Å². The molecule has 6 heteroatoms.